The molecular weight excluding hydrogens is 244 g/mol. The second-order valence-corrected chi connectivity index (χ2v) is 6.18. The third-order valence-corrected chi connectivity index (χ3v) is 4.91. The minimum Gasteiger partial charge on any atom is -0.352 e. The molecule has 1 atom stereocenters. The first-order valence-corrected chi connectivity index (χ1v) is 7.67. The number of thioether (sulfide) groups is 1. The minimum atomic E-state index is 0.0709. The van der Waals surface area contributed by atoms with Crippen LogP contribution in [0.4, 0.5) is 0 Å². The average Bonchev–Trinajstić information content (AvgIpc) is 3.05. The summed E-state index contributed by atoms with van der Waals surface area (Å²) in [6.07, 6.45) is 1.24. The number of carbonyl (C=O) groups is 1. The maximum atomic E-state index is 12.1. The topological polar surface area (TPSA) is 41.1 Å². The lowest BCUT2D eigenvalue weighted by Gasteiger charge is -2.10. The van der Waals surface area contributed by atoms with Crippen molar-refractivity contribution in [2.45, 2.75) is 19.5 Å². The fraction of sp³-hybridized carbons (Fsp3) is 0.500. The van der Waals surface area contributed by atoms with Crippen LogP contribution in [0.1, 0.15) is 27.9 Å². The third-order valence-electron chi connectivity index (χ3n) is 3.67. The van der Waals surface area contributed by atoms with Gasteiger partial charge in [-0.25, -0.2) is 0 Å². The first-order chi connectivity index (χ1) is 8.83. The summed E-state index contributed by atoms with van der Waals surface area (Å²) >= 11 is 1.99. The van der Waals surface area contributed by atoms with Crippen molar-refractivity contribution in [3.8, 4) is 0 Å². The molecule has 3 nitrogen and oxygen atoms in total. The molecule has 0 spiro atoms. The third kappa shape index (κ3) is 2.54. The second kappa shape index (κ2) is 5.33. The van der Waals surface area contributed by atoms with E-state index in [0.29, 0.717) is 5.92 Å². The molecule has 0 bridgehead atoms. The largest absolute Gasteiger partial charge is 0.352 e. The molecule has 1 aromatic carbocycles. The van der Waals surface area contributed by atoms with E-state index < -0.39 is 0 Å². The van der Waals surface area contributed by atoms with Crippen molar-refractivity contribution in [3.63, 3.8) is 0 Å². The van der Waals surface area contributed by atoms with Gasteiger partial charge in [0.25, 0.3) is 5.91 Å². The fourth-order valence-electron chi connectivity index (χ4n) is 2.52. The van der Waals surface area contributed by atoms with Crippen LogP contribution in [0.25, 0.3) is 0 Å². The predicted octanol–water partition coefficient (Wildman–Crippen LogP) is 1.77. The van der Waals surface area contributed by atoms with E-state index in [1.165, 1.54) is 29.1 Å². The molecule has 1 unspecified atom stereocenters. The molecule has 2 aliphatic heterocycles. The van der Waals surface area contributed by atoms with Crippen molar-refractivity contribution in [1.82, 2.24) is 10.6 Å². The summed E-state index contributed by atoms with van der Waals surface area (Å²) in [4.78, 5) is 12.1. The van der Waals surface area contributed by atoms with Crippen LogP contribution in [0, 0.1) is 5.92 Å². The molecule has 1 fully saturated rings. The monoisotopic (exact) mass is 262 g/mol. The SMILES string of the molecule is O=C(NCC1CCSC1)c1ccc2c(c1)CNC2. The maximum Gasteiger partial charge on any atom is 0.251 e. The van der Waals surface area contributed by atoms with Crippen LogP contribution in [-0.4, -0.2) is 24.0 Å². The van der Waals surface area contributed by atoms with E-state index >= 15 is 0 Å². The number of amides is 1. The second-order valence-electron chi connectivity index (χ2n) is 5.03. The summed E-state index contributed by atoms with van der Waals surface area (Å²) in [6.45, 7) is 2.63. The lowest BCUT2D eigenvalue weighted by molar-refractivity contribution is 0.0948. The number of benzene rings is 1. The highest BCUT2D eigenvalue weighted by atomic mass is 32.2. The zero-order valence-electron chi connectivity index (χ0n) is 10.4. The van der Waals surface area contributed by atoms with Crippen LogP contribution in [0.15, 0.2) is 18.2 Å². The standard InChI is InChI=1S/C14H18N2OS/c17-14(16-6-10-3-4-18-9-10)11-1-2-12-7-15-8-13(12)5-11/h1-2,5,10,15H,3-4,6-9H2,(H,16,17). The van der Waals surface area contributed by atoms with E-state index in [-0.39, 0.29) is 5.91 Å². The van der Waals surface area contributed by atoms with Crippen molar-refractivity contribution in [3.05, 3.63) is 34.9 Å². The molecule has 0 saturated carbocycles. The van der Waals surface area contributed by atoms with Gasteiger partial charge in [0.15, 0.2) is 0 Å². The normalized spacial score (nSPS) is 21.9. The van der Waals surface area contributed by atoms with Crippen LogP contribution in [0.2, 0.25) is 0 Å². The highest BCUT2D eigenvalue weighted by Crippen LogP contribution is 2.22. The Morgan fingerprint density at radius 2 is 2.28 bits per heavy atom. The first kappa shape index (κ1) is 12.1. The van der Waals surface area contributed by atoms with Crippen molar-refractivity contribution in [2.75, 3.05) is 18.1 Å². The molecule has 0 aliphatic carbocycles. The van der Waals surface area contributed by atoms with E-state index in [1.54, 1.807) is 0 Å². The van der Waals surface area contributed by atoms with Crippen LogP contribution in [0.5, 0.6) is 0 Å². The number of carbonyl (C=O) groups excluding carboxylic acids is 1. The molecule has 1 amide bonds. The Labute approximate surface area is 112 Å². The van der Waals surface area contributed by atoms with E-state index in [9.17, 15) is 4.79 Å². The number of nitrogens with one attached hydrogen (secondary N) is 2. The Morgan fingerprint density at radius 3 is 3.11 bits per heavy atom. The fourth-order valence-corrected chi connectivity index (χ4v) is 3.80. The molecule has 96 valence electrons. The quantitative estimate of drug-likeness (QED) is 0.872. The lowest BCUT2D eigenvalue weighted by atomic mass is 10.1. The van der Waals surface area contributed by atoms with Gasteiger partial charge >= 0.3 is 0 Å². The Kier molecular flexibility index (Phi) is 3.57. The average molecular weight is 262 g/mol. The van der Waals surface area contributed by atoms with Gasteiger partial charge in [0, 0.05) is 25.2 Å². The summed E-state index contributed by atoms with van der Waals surface area (Å²) < 4.78 is 0. The zero-order valence-corrected chi connectivity index (χ0v) is 11.2. The van der Waals surface area contributed by atoms with Crippen molar-refractivity contribution in [1.29, 1.82) is 0 Å². The van der Waals surface area contributed by atoms with Gasteiger partial charge in [-0.2, -0.15) is 11.8 Å². The highest BCUT2D eigenvalue weighted by Gasteiger charge is 2.17. The zero-order chi connectivity index (χ0) is 12.4. The summed E-state index contributed by atoms with van der Waals surface area (Å²) in [5.74, 6) is 3.16. The van der Waals surface area contributed by atoms with Crippen LogP contribution in [-0.2, 0) is 13.1 Å². The molecule has 3 rings (SSSR count). The molecule has 1 saturated heterocycles. The molecule has 0 radical (unpaired) electrons. The molecule has 2 aliphatic rings. The molecule has 4 heteroatoms. The summed E-state index contributed by atoms with van der Waals surface area (Å²) in [6, 6.07) is 6.02. The van der Waals surface area contributed by atoms with Crippen LogP contribution < -0.4 is 10.6 Å². The van der Waals surface area contributed by atoms with Crippen LogP contribution >= 0.6 is 11.8 Å². The highest BCUT2D eigenvalue weighted by molar-refractivity contribution is 7.99. The van der Waals surface area contributed by atoms with Gasteiger partial charge in [0.05, 0.1) is 0 Å². The summed E-state index contributed by atoms with van der Waals surface area (Å²) in [5, 5.41) is 6.36. The predicted molar refractivity (Wildman–Crippen MR) is 74.8 cm³/mol. The maximum absolute atomic E-state index is 12.1. The van der Waals surface area contributed by atoms with Crippen molar-refractivity contribution < 1.29 is 4.79 Å². The van der Waals surface area contributed by atoms with Gasteiger partial charge in [-0.05, 0) is 47.1 Å². The van der Waals surface area contributed by atoms with Gasteiger partial charge in [0.1, 0.15) is 0 Å². The lowest BCUT2D eigenvalue weighted by Crippen LogP contribution is -2.29. The summed E-state index contributed by atoms with van der Waals surface area (Å²) in [7, 11) is 0. The van der Waals surface area contributed by atoms with E-state index in [0.717, 1.165) is 25.2 Å². The van der Waals surface area contributed by atoms with Crippen molar-refractivity contribution in [2.24, 2.45) is 5.92 Å². The minimum absolute atomic E-state index is 0.0709. The molecule has 0 aromatic heterocycles. The Hall–Kier alpha value is -1.00. The number of rotatable bonds is 3. The van der Waals surface area contributed by atoms with Gasteiger partial charge < -0.3 is 10.6 Å². The Bertz CT molecular complexity index is 455. The Balaban J connectivity index is 1.61. The van der Waals surface area contributed by atoms with Crippen molar-refractivity contribution >= 4 is 17.7 Å². The molecule has 1 aromatic rings. The van der Waals surface area contributed by atoms with Gasteiger partial charge in [0.2, 0.25) is 0 Å². The molecule has 2 N–H and O–H groups in total. The van der Waals surface area contributed by atoms with Crippen LogP contribution in [0.3, 0.4) is 0 Å². The van der Waals surface area contributed by atoms with Gasteiger partial charge in [-0.15, -0.1) is 0 Å². The molecular formula is C14H18N2OS. The number of hydrogen-bond acceptors (Lipinski definition) is 3. The van der Waals surface area contributed by atoms with E-state index in [2.05, 4.69) is 16.7 Å². The smallest absolute Gasteiger partial charge is 0.251 e. The number of fused-ring (bicyclic) bond motifs is 1. The van der Waals surface area contributed by atoms with Gasteiger partial charge in [-0.3, -0.25) is 4.79 Å². The van der Waals surface area contributed by atoms with Gasteiger partial charge in [-0.1, -0.05) is 6.07 Å². The molecule has 2 heterocycles. The van der Waals surface area contributed by atoms with E-state index in [1.807, 2.05) is 23.9 Å². The first-order valence-electron chi connectivity index (χ1n) is 6.51. The Morgan fingerprint density at radius 1 is 1.39 bits per heavy atom. The number of hydrogen-bond donors (Lipinski definition) is 2. The van der Waals surface area contributed by atoms with E-state index in [4.69, 9.17) is 0 Å². The molecule has 18 heavy (non-hydrogen) atoms. The summed E-state index contributed by atoms with van der Waals surface area (Å²) in [5.41, 5.74) is 3.38.